The number of benzene rings is 7. The van der Waals surface area contributed by atoms with Crippen LogP contribution in [0.15, 0.2) is 170 Å². The Bertz CT molecular complexity index is 2660. The lowest BCUT2D eigenvalue weighted by Crippen LogP contribution is -1.98. The van der Waals surface area contributed by atoms with Crippen LogP contribution in [0.3, 0.4) is 0 Å². The summed E-state index contributed by atoms with van der Waals surface area (Å²) in [6.45, 7) is 2.00. The molecule has 0 unspecified atom stereocenters. The molecular weight excluding hydrogens is 595 g/mol. The van der Waals surface area contributed by atoms with Gasteiger partial charge in [0.25, 0.3) is 0 Å². The Morgan fingerprint density at radius 3 is 2.27 bits per heavy atom. The van der Waals surface area contributed by atoms with Crippen LogP contribution in [0, 0.1) is 0 Å². The Labute approximate surface area is 286 Å². The standard InChI is InChI=1S/C46H37N3/c1-2-3-18-43(48)40-27-26-35(38-16-8-9-17-39(38)40)33-21-24-37-34(30-33)22-25-42-41-23-20-31(12-5-4-10-28-47)29-45(41)49(46(37)42)44-19-11-14-32-13-6-7-15-36(32)44/h2-11,13-30H,12,47-48H2,1H3/b3-2-,5-4-,28-10-,43-18-. The van der Waals surface area contributed by atoms with E-state index < -0.39 is 0 Å². The molecule has 3 heteroatoms. The Kier molecular flexibility index (Phi) is 7.79. The van der Waals surface area contributed by atoms with Gasteiger partial charge < -0.3 is 16.0 Å². The van der Waals surface area contributed by atoms with Crippen molar-refractivity contribution >= 4 is 59.8 Å². The molecule has 0 atom stereocenters. The molecule has 1 heterocycles. The van der Waals surface area contributed by atoms with Crippen molar-refractivity contribution < 1.29 is 0 Å². The fraction of sp³-hybridized carbons (Fsp3) is 0.0435. The highest BCUT2D eigenvalue weighted by atomic mass is 15.0. The van der Waals surface area contributed by atoms with Gasteiger partial charge in [-0.15, -0.1) is 0 Å². The summed E-state index contributed by atoms with van der Waals surface area (Å²) in [5.41, 5.74) is 21.1. The number of nitrogens with two attached hydrogens (primary N) is 2. The van der Waals surface area contributed by atoms with Gasteiger partial charge in [-0.25, -0.2) is 0 Å². The molecule has 1 aromatic heterocycles. The second kappa shape index (κ2) is 12.7. The highest BCUT2D eigenvalue weighted by molar-refractivity contribution is 6.20. The summed E-state index contributed by atoms with van der Waals surface area (Å²) in [7, 11) is 0. The van der Waals surface area contributed by atoms with Gasteiger partial charge in [0.1, 0.15) is 0 Å². The van der Waals surface area contributed by atoms with E-state index in [0.29, 0.717) is 0 Å². The molecule has 7 aromatic carbocycles. The van der Waals surface area contributed by atoms with Crippen LogP contribution in [-0.4, -0.2) is 4.57 Å². The average Bonchev–Trinajstić information content (AvgIpc) is 3.48. The lowest BCUT2D eigenvalue weighted by atomic mass is 9.92. The molecular formula is C46H37N3. The molecule has 0 amide bonds. The maximum absolute atomic E-state index is 6.53. The SMILES string of the molecule is C/C=C\C=C(/N)c1ccc(-c2ccc3c(ccc4c5ccc(C/C=C\C=C/N)cc5n(-c5cccc6ccccc56)c34)c2)c2ccccc12. The Morgan fingerprint density at radius 2 is 1.41 bits per heavy atom. The van der Waals surface area contributed by atoms with E-state index in [1.807, 2.05) is 37.3 Å². The Balaban J connectivity index is 1.37. The summed E-state index contributed by atoms with van der Waals surface area (Å²) in [6.07, 6.45) is 14.3. The van der Waals surface area contributed by atoms with Crippen LogP contribution in [0.4, 0.5) is 0 Å². The van der Waals surface area contributed by atoms with Crippen LogP contribution < -0.4 is 11.5 Å². The van der Waals surface area contributed by atoms with Crippen LogP contribution in [0.2, 0.25) is 0 Å². The van der Waals surface area contributed by atoms with Crippen LogP contribution in [-0.2, 0) is 6.42 Å². The normalized spacial score (nSPS) is 12.7. The van der Waals surface area contributed by atoms with E-state index in [4.69, 9.17) is 11.5 Å². The Morgan fingerprint density at radius 1 is 0.633 bits per heavy atom. The zero-order valence-electron chi connectivity index (χ0n) is 27.5. The summed E-state index contributed by atoms with van der Waals surface area (Å²) >= 11 is 0. The largest absolute Gasteiger partial charge is 0.405 e. The lowest BCUT2D eigenvalue weighted by Gasteiger charge is -2.15. The molecule has 8 aromatic rings. The van der Waals surface area contributed by atoms with Crippen LogP contribution in [0.5, 0.6) is 0 Å². The predicted octanol–water partition coefficient (Wildman–Crippen LogP) is 11.4. The molecule has 0 saturated carbocycles. The molecule has 49 heavy (non-hydrogen) atoms. The first-order valence-electron chi connectivity index (χ1n) is 16.8. The Hall–Kier alpha value is -6.32. The molecule has 0 saturated heterocycles. The fourth-order valence-corrected chi connectivity index (χ4v) is 7.27. The molecule has 3 nitrogen and oxygen atoms in total. The van der Waals surface area contributed by atoms with Gasteiger partial charge in [-0.3, -0.25) is 0 Å². The predicted molar refractivity (Wildman–Crippen MR) is 212 cm³/mol. The van der Waals surface area contributed by atoms with E-state index >= 15 is 0 Å². The summed E-state index contributed by atoms with van der Waals surface area (Å²) in [6, 6.07) is 46.5. The number of rotatable bonds is 7. The van der Waals surface area contributed by atoms with Crippen LogP contribution >= 0.6 is 0 Å². The number of aromatic nitrogens is 1. The van der Waals surface area contributed by atoms with Crippen molar-refractivity contribution in [1.82, 2.24) is 4.57 Å². The lowest BCUT2D eigenvalue weighted by molar-refractivity contribution is 1.19. The number of nitrogens with zero attached hydrogens (tertiary/aromatic N) is 1. The zero-order chi connectivity index (χ0) is 33.3. The molecule has 0 aliphatic carbocycles. The monoisotopic (exact) mass is 631 g/mol. The number of hydrogen-bond donors (Lipinski definition) is 2. The van der Waals surface area contributed by atoms with Crippen molar-refractivity contribution in [2.75, 3.05) is 0 Å². The average molecular weight is 632 g/mol. The molecule has 0 fully saturated rings. The van der Waals surface area contributed by atoms with Crippen molar-refractivity contribution in [1.29, 1.82) is 0 Å². The zero-order valence-corrected chi connectivity index (χ0v) is 27.5. The molecule has 0 bridgehead atoms. The summed E-state index contributed by atoms with van der Waals surface area (Å²) < 4.78 is 2.48. The third kappa shape index (κ3) is 5.26. The first-order chi connectivity index (χ1) is 24.2. The maximum Gasteiger partial charge on any atom is 0.0619 e. The van der Waals surface area contributed by atoms with Gasteiger partial charge in [0.2, 0.25) is 0 Å². The highest BCUT2D eigenvalue weighted by Gasteiger charge is 2.18. The number of fused-ring (bicyclic) bond motifs is 7. The van der Waals surface area contributed by atoms with Gasteiger partial charge in [0.05, 0.1) is 16.7 Å². The van der Waals surface area contributed by atoms with Crippen molar-refractivity contribution in [2.45, 2.75) is 13.3 Å². The van der Waals surface area contributed by atoms with E-state index in [9.17, 15) is 0 Å². The van der Waals surface area contributed by atoms with Crippen LogP contribution in [0.25, 0.3) is 76.6 Å². The first kappa shape index (κ1) is 30.0. The van der Waals surface area contributed by atoms with Crippen molar-refractivity contribution in [3.05, 3.63) is 181 Å². The minimum atomic E-state index is 0.759. The minimum absolute atomic E-state index is 0.759. The fourth-order valence-electron chi connectivity index (χ4n) is 7.27. The maximum atomic E-state index is 6.53. The van der Waals surface area contributed by atoms with E-state index in [2.05, 4.69) is 138 Å². The summed E-state index contributed by atoms with van der Waals surface area (Å²) in [5.74, 6) is 0. The third-order valence-corrected chi connectivity index (χ3v) is 9.54. The van der Waals surface area contributed by atoms with E-state index in [-0.39, 0.29) is 0 Å². The quantitative estimate of drug-likeness (QED) is 0.172. The minimum Gasteiger partial charge on any atom is -0.405 e. The second-order valence-corrected chi connectivity index (χ2v) is 12.5. The van der Waals surface area contributed by atoms with Gasteiger partial charge in [-0.05, 0) is 88.1 Å². The molecule has 0 aliphatic heterocycles. The molecule has 8 rings (SSSR count). The number of hydrogen-bond acceptors (Lipinski definition) is 2. The van der Waals surface area contributed by atoms with Crippen LogP contribution in [0.1, 0.15) is 18.1 Å². The molecule has 236 valence electrons. The van der Waals surface area contributed by atoms with Gasteiger partial charge in [-0.1, -0.05) is 133 Å². The second-order valence-electron chi connectivity index (χ2n) is 12.5. The van der Waals surface area contributed by atoms with Gasteiger partial charge in [0, 0.05) is 32.8 Å². The van der Waals surface area contributed by atoms with Crippen molar-refractivity contribution in [3.63, 3.8) is 0 Å². The van der Waals surface area contributed by atoms with Gasteiger partial charge in [-0.2, -0.15) is 0 Å². The van der Waals surface area contributed by atoms with E-state index in [1.165, 1.54) is 71.1 Å². The van der Waals surface area contributed by atoms with Gasteiger partial charge >= 0.3 is 0 Å². The molecule has 4 N–H and O–H groups in total. The smallest absolute Gasteiger partial charge is 0.0619 e. The first-order valence-corrected chi connectivity index (χ1v) is 16.8. The van der Waals surface area contributed by atoms with Crippen molar-refractivity contribution in [3.8, 4) is 16.8 Å². The van der Waals surface area contributed by atoms with E-state index in [0.717, 1.165) is 23.1 Å². The molecule has 0 radical (unpaired) electrons. The topological polar surface area (TPSA) is 57.0 Å². The van der Waals surface area contributed by atoms with E-state index in [1.54, 1.807) is 6.20 Å². The highest BCUT2D eigenvalue weighted by Crippen LogP contribution is 2.41. The molecule has 0 spiro atoms. The number of allylic oxidation sites excluding steroid dienone is 6. The third-order valence-electron chi connectivity index (χ3n) is 9.54. The van der Waals surface area contributed by atoms with Crippen molar-refractivity contribution in [2.24, 2.45) is 11.5 Å². The van der Waals surface area contributed by atoms with Gasteiger partial charge in [0.15, 0.2) is 0 Å². The summed E-state index contributed by atoms with van der Waals surface area (Å²) in [5, 5.41) is 9.70. The molecule has 0 aliphatic rings. The summed E-state index contributed by atoms with van der Waals surface area (Å²) in [4.78, 5) is 0.